The molecular weight excluding hydrogens is 208 g/mol. The molecule has 1 heterocycles. The van der Waals surface area contributed by atoms with Gasteiger partial charge in [0.1, 0.15) is 0 Å². The van der Waals surface area contributed by atoms with Gasteiger partial charge in [-0.25, -0.2) is 4.68 Å². The molecule has 0 unspecified atom stereocenters. The number of hydrogen-bond donors (Lipinski definition) is 1. The minimum Gasteiger partial charge on any atom is -0.219 e. The van der Waals surface area contributed by atoms with Gasteiger partial charge < -0.3 is 0 Å². The van der Waals surface area contributed by atoms with Gasteiger partial charge in [-0.15, -0.1) is 11.7 Å². The van der Waals surface area contributed by atoms with Gasteiger partial charge in [-0.05, 0) is 49.3 Å². The molecule has 0 atom stereocenters. The van der Waals surface area contributed by atoms with E-state index in [0.29, 0.717) is 4.32 Å². The maximum absolute atomic E-state index is 5.07. The zero-order chi connectivity index (χ0) is 9.30. The highest BCUT2D eigenvalue weighted by atomic mass is 33.1. The lowest BCUT2D eigenvalue weighted by Gasteiger charge is -2.00. The Bertz CT molecular complexity index is 317. The molecule has 0 radical (unpaired) electrons. The van der Waals surface area contributed by atoms with Gasteiger partial charge in [-0.2, -0.15) is 5.10 Å². The standard InChI is InChI=1S/C7H10N2S3/c1-4-5(2)8-9(6(4)3)7(10)12-11/h11H,1-3H3. The van der Waals surface area contributed by atoms with Crippen molar-refractivity contribution in [3.05, 3.63) is 17.0 Å². The van der Waals surface area contributed by atoms with E-state index in [1.165, 1.54) is 16.4 Å². The fourth-order valence-corrected chi connectivity index (χ4v) is 1.60. The summed E-state index contributed by atoms with van der Waals surface area (Å²) < 4.78 is 2.42. The van der Waals surface area contributed by atoms with Gasteiger partial charge in [-0.1, -0.05) is 0 Å². The molecule has 1 aromatic heterocycles. The van der Waals surface area contributed by atoms with Crippen LogP contribution in [0.25, 0.3) is 0 Å². The highest BCUT2D eigenvalue weighted by Gasteiger charge is 2.09. The van der Waals surface area contributed by atoms with Gasteiger partial charge in [0.15, 0.2) is 4.32 Å². The largest absolute Gasteiger partial charge is 0.219 e. The molecule has 0 saturated heterocycles. The Balaban J connectivity index is 3.17. The van der Waals surface area contributed by atoms with E-state index in [-0.39, 0.29) is 0 Å². The van der Waals surface area contributed by atoms with Gasteiger partial charge in [0, 0.05) is 5.69 Å². The molecule has 0 fully saturated rings. The summed E-state index contributed by atoms with van der Waals surface area (Å²) in [5, 5.41) is 4.29. The van der Waals surface area contributed by atoms with Crippen LogP contribution < -0.4 is 0 Å². The molecule has 2 nitrogen and oxygen atoms in total. The number of thiocarbonyl (C=S) groups is 1. The lowest BCUT2D eigenvalue weighted by molar-refractivity contribution is 0.906. The fourth-order valence-electron chi connectivity index (χ4n) is 0.937. The highest BCUT2D eigenvalue weighted by Crippen LogP contribution is 2.16. The van der Waals surface area contributed by atoms with E-state index in [9.17, 15) is 0 Å². The minimum atomic E-state index is 0.673. The zero-order valence-corrected chi connectivity index (χ0v) is 9.69. The molecule has 0 N–H and O–H groups in total. The Morgan fingerprint density at radius 1 is 1.50 bits per heavy atom. The second kappa shape index (κ2) is 3.81. The SMILES string of the molecule is Cc1nn(C(=S)SS)c(C)c1C. The van der Waals surface area contributed by atoms with Crippen molar-refractivity contribution in [1.82, 2.24) is 9.78 Å². The van der Waals surface area contributed by atoms with Crippen molar-refractivity contribution in [3.63, 3.8) is 0 Å². The summed E-state index contributed by atoms with van der Waals surface area (Å²) in [6.07, 6.45) is 0. The summed E-state index contributed by atoms with van der Waals surface area (Å²) in [7, 11) is 1.24. The van der Waals surface area contributed by atoms with Crippen molar-refractivity contribution in [1.29, 1.82) is 0 Å². The van der Waals surface area contributed by atoms with E-state index in [1.807, 2.05) is 20.8 Å². The molecule has 0 bridgehead atoms. The van der Waals surface area contributed by atoms with Crippen LogP contribution in [0.15, 0.2) is 0 Å². The third-order valence-electron chi connectivity index (χ3n) is 1.90. The predicted octanol–water partition coefficient (Wildman–Crippen LogP) is 2.52. The lowest BCUT2D eigenvalue weighted by atomic mass is 10.2. The average molecular weight is 218 g/mol. The molecular formula is C7H10N2S3. The van der Waals surface area contributed by atoms with E-state index >= 15 is 0 Å². The molecule has 0 aromatic carbocycles. The molecule has 5 heteroatoms. The summed E-state index contributed by atoms with van der Waals surface area (Å²) >= 11 is 9.10. The summed E-state index contributed by atoms with van der Waals surface area (Å²) in [5.74, 6) is 0. The number of rotatable bonds is 0. The van der Waals surface area contributed by atoms with E-state index in [4.69, 9.17) is 12.2 Å². The monoisotopic (exact) mass is 218 g/mol. The molecule has 66 valence electrons. The van der Waals surface area contributed by atoms with Crippen LogP contribution in [0.3, 0.4) is 0 Å². The van der Waals surface area contributed by atoms with Crippen LogP contribution in [0.5, 0.6) is 0 Å². The Labute approximate surface area is 86.5 Å². The van der Waals surface area contributed by atoms with Gasteiger partial charge in [0.2, 0.25) is 0 Å². The van der Waals surface area contributed by atoms with Gasteiger partial charge in [0.05, 0.1) is 5.69 Å². The van der Waals surface area contributed by atoms with Gasteiger partial charge in [-0.3, -0.25) is 0 Å². The predicted molar refractivity (Wildman–Crippen MR) is 61.0 cm³/mol. The number of nitrogens with zero attached hydrogens (tertiary/aromatic N) is 2. The first-order valence-corrected chi connectivity index (χ1v) is 5.74. The first-order chi connectivity index (χ1) is 5.57. The normalized spacial score (nSPS) is 10.3. The Hall–Kier alpha value is -0.000000000000000111. The zero-order valence-electron chi connectivity index (χ0n) is 7.16. The average Bonchev–Trinajstić information content (AvgIpc) is 2.32. The number of thiol groups is 1. The molecule has 0 aliphatic heterocycles. The van der Waals surface area contributed by atoms with E-state index < -0.39 is 0 Å². The topological polar surface area (TPSA) is 17.8 Å². The van der Waals surface area contributed by atoms with Crippen LogP contribution in [0, 0.1) is 20.8 Å². The van der Waals surface area contributed by atoms with Crippen molar-refractivity contribution < 1.29 is 0 Å². The second-order valence-electron chi connectivity index (χ2n) is 2.56. The molecule has 0 spiro atoms. The number of aromatic nitrogens is 2. The molecule has 0 aliphatic rings. The van der Waals surface area contributed by atoms with Crippen molar-refractivity contribution in [2.45, 2.75) is 20.8 Å². The lowest BCUT2D eigenvalue weighted by Crippen LogP contribution is -2.07. The van der Waals surface area contributed by atoms with Crippen LogP contribution in [-0.4, -0.2) is 14.1 Å². The van der Waals surface area contributed by atoms with Crippen LogP contribution in [0.4, 0.5) is 0 Å². The van der Waals surface area contributed by atoms with E-state index in [0.717, 1.165) is 11.4 Å². The molecule has 12 heavy (non-hydrogen) atoms. The number of hydrogen-bond acceptors (Lipinski definition) is 4. The fraction of sp³-hybridized carbons (Fsp3) is 0.429. The quantitative estimate of drug-likeness (QED) is 0.410. The third kappa shape index (κ3) is 1.67. The van der Waals surface area contributed by atoms with Gasteiger partial charge >= 0.3 is 0 Å². The number of aryl methyl sites for hydroxylation is 1. The van der Waals surface area contributed by atoms with Gasteiger partial charge in [0.25, 0.3) is 0 Å². The van der Waals surface area contributed by atoms with Crippen LogP contribution >= 0.6 is 34.7 Å². The van der Waals surface area contributed by atoms with Crippen molar-refractivity contribution in [3.8, 4) is 0 Å². The van der Waals surface area contributed by atoms with Crippen molar-refractivity contribution >= 4 is 39.0 Å². The molecule has 1 rings (SSSR count). The second-order valence-corrected chi connectivity index (χ2v) is 4.33. The third-order valence-corrected chi connectivity index (χ3v) is 3.55. The van der Waals surface area contributed by atoms with Crippen LogP contribution in [-0.2, 0) is 0 Å². The van der Waals surface area contributed by atoms with E-state index in [2.05, 4.69) is 16.8 Å². The van der Waals surface area contributed by atoms with Crippen LogP contribution in [0.1, 0.15) is 17.0 Å². The maximum Gasteiger partial charge on any atom is 0.171 e. The summed E-state index contributed by atoms with van der Waals surface area (Å²) in [6.45, 7) is 6.02. The summed E-state index contributed by atoms with van der Waals surface area (Å²) in [4.78, 5) is 0. The first kappa shape index (κ1) is 10.1. The first-order valence-electron chi connectivity index (χ1n) is 3.46. The molecule has 0 aliphatic carbocycles. The summed E-state index contributed by atoms with van der Waals surface area (Å²) in [5.41, 5.74) is 3.32. The summed E-state index contributed by atoms with van der Waals surface area (Å²) in [6, 6.07) is 0. The Morgan fingerprint density at radius 3 is 2.42 bits per heavy atom. The minimum absolute atomic E-state index is 0.673. The smallest absolute Gasteiger partial charge is 0.171 e. The highest BCUT2D eigenvalue weighted by molar-refractivity contribution is 8.76. The molecule has 0 saturated carbocycles. The van der Waals surface area contributed by atoms with Crippen molar-refractivity contribution in [2.75, 3.05) is 0 Å². The van der Waals surface area contributed by atoms with Crippen molar-refractivity contribution in [2.24, 2.45) is 0 Å². The molecule has 1 aromatic rings. The molecule has 0 amide bonds. The maximum atomic E-state index is 5.07. The van der Waals surface area contributed by atoms with E-state index in [1.54, 1.807) is 4.68 Å². The Kier molecular flexibility index (Phi) is 3.20. The van der Waals surface area contributed by atoms with Crippen LogP contribution in [0.2, 0.25) is 0 Å². The Morgan fingerprint density at radius 2 is 2.08 bits per heavy atom.